The molecule has 0 unspecified atom stereocenters. The van der Waals surface area contributed by atoms with Gasteiger partial charge in [-0.3, -0.25) is 4.90 Å². The molecule has 0 aromatic carbocycles. The Morgan fingerprint density at radius 2 is 2.27 bits per heavy atom. The maximum absolute atomic E-state index is 8.62. The maximum Gasteiger partial charge on any atom is 0.0558 e. The Labute approximate surface area is 74.0 Å². The molecule has 0 radical (unpaired) electrons. The van der Waals surface area contributed by atoms with Crippen LogP contribution in [0, 0.1) is 0 Å². The summed E-state index contributed by atoms with van der Waals surface area (Å²) in [5.74, 6) is 0. The molecule has 11 heavy (non-hydrogen) atoms. The number of aliphatic hydroxyl groups excluding tert-OH is 1. The van der Waals surface area contributed by atoms with Gasteiger partial charge >= 0.3 is 0 Å². The Kier molecular flexibility index (Phi) is 5.86. The molecule has 3 nitrogen and oxygen atoms in total. The van der Waals surface area contributed by atoms with Gasteiger partial charge in [0.2, 0.25) is 0 Å². The molecule has 0 spiro atoms. The van der Waals surface area contributed by atoms with Gasteiger partial charge in [0, 0.05) is 19.1 Å². The van der Waals surface area contributed by atoms with E-state index in [1.54, 1.807) is 0 Å². The maximum atomic E-state index is 8.62. The van der Waals surface area contributed by atoms with E-state index in [9.17, 15) is 0 Å². The van der Waals surface area contributed by atoms with Crippen LogP contribution in [0.25, 0.3) is 0 Å². The predicted molar refractivity (Wildman–Crippen MR) is 48.0 cm³/mol. The molecule has 0 bridgehead atoms. The summed E-state index contributed by atoms with van der Waals surface area (Å²) in [6.07, 6.45) is 2.32. The molecule has 0 amide bonds. The van der Waals surface area contributed by atoms with E-state index in [2.05, 4.69) is 4.90 Å². The van der Waals surface area contributed by atoms with E-state index < -0.39 is 0 Å². The molecule has 1 aliphatic heterocycles. The summed E-state index contributed by atoms with van der Waals surface area (Å²) >= 11 is 0. The third kappa shape index (κ3) is 3.91. The highest BCUT2D eigenvalue weighted by atomic mass is 35.5. The van der Waals surface area contributed by atoms with Crippen molar-refractivity contribution >= 4 is 12.4 Å². The van der Waals surface area contributed by atoms with Crippen molar-refractivity contribution in [2.45, 2.75) is 18.9 Å². The number of rotatable bonds is 2. The Morgan fingerprint density at radius 1 is 1.55 bits per heavy atom. The van der Waals surface area contributed by atoms with Crippen LogP contribution in [0.1, 0.15) is 12.8 Å². The van der Waals surface area contributed by atoms with Gasteiger partial charge in [-0.25, -0.2) is 0 Å². The molecule has 68 valence electrons. The van der Waals surface area contributed by atoms with Gasteiger partial charge in [0.15, 0.2) is 0 Å². The van der Waals surface area contributed by atoms with E-state index in [4.69, 9.17) is 10.8 Å². The Bertz CT molecular complexity index is 100. The summed E-state index contributed by atoms with van der Waals surface area (Å²) in [7, 11) is 0. The first kappa shape index (κ1) is 11.2. The number of nitrogens with zero attached hydrogens (tertiary/aromatic N) is 1. The van der Waals surface area contributed by atoms with Crippen molar-refractivity contribution in [3.8, 4) is 0 Å². The number of hydrogen-bond donors (Lipinski definition) is 2. The third-order valence-corrected chi connectivity index (χ3v) is 1.96. The molecule has 0 aromatic rings. The van der Waals surface area contributed by atoms with E-state index in [1.165, 1.54) is 6.42 Å². The van der Waals surface area contributed by atoms with Crippen LogP contribution in [-0.2, 0) is 0 Å². The molecule has 1 heterocycles. The molecule has 3 N–H and O–H groups in total. The highest BCUT2D eigenvalue weighted by molar-refractivity contribution is 5.85. The quantitative estimate of drug-likeness (QED) is 0.620. The summed E-state index contributed by atoms with van der Waals surface area (Å²) in [5.41, 5.74) is 5.73. The first-order valence-corrected chi connectivity index (χ1v) is 3.91. The lowest BCUT2D eigenvalue weighted by Gasteiger charge is -2.29. The van der Waals surface area contributed by atoms with Crippen molar-refractivity contribution in [2.24, 2.45) is 5.73 Å². The highest BCUT2D eigenvalue weighted by Crippen LogP contribution is 2.06. The Morgan fingerprint density at radius 3 is 2.82 bits per heavy atom. The van der Waals surface area contributed by atoms with Crippen LogP contribution in [-0.4, -0.2) is 42.3 Å². The van der Waals surface area contributed by atoms with E-state index >= 15 is 0 Å². The molecule has 1 aliphatic rings. The van der Waals surface area contributed by atoms with E-state index in [-0.39, 0.29) is 19.0 Å². The monoisotopic (exact) mass is 180 g/mol. The van der Waals surface area contributed by atoms with Crippen molar-refractivity contribution in [3.63, 3.8) is 0 Å². The van der Waals surface area contributed by atoms with Gasteiger partial charge < -0.3 is 10.8 Å². The standard InChI is InChI=1S/C7H16N2O.ClH/c8-7-2-1-3-9(6-7)4-5-10;/h7,10H,1-6,8H2;1H/t7-;/m1./s1. The molecular formula is C7H17ClN2O. The van der Waals surface area contributed by atoms with Crippen LogP contribution in [0.15, 0.2) is 0 Å². The number of aliphatic hydroxyl groups is 1. The van der Waals surface area contributed by atoms with Gasteiger partial charge in [0.1, 0.15) is 0 Å². The zero-order chi connectivity index (χ0) is 7.40. The van der Waals surface area contributed by atoms with Crippen LogP contribution < -0.4 is 5.73 Å². The number of nitrogens with two attached hydrogens (primary N) is 1. The first-order chi connectivity index (χ1) is 4.83. The van der Waals surface area contributed by atoms with Crippen molar-refractivity contribution in [1.82, 2.24) is 4.90 Å². The summed E-state index contributed by atoms with van der Waals surface area (Å²) in [6, 6.07) is 0.334. The van der Waals surface area contributed by atoms with Gasteiger partial charge in [-0.05, 0) is 19.4 Å². The number of hydrogen-bond acceptors (Lipinski definition) is 3. The minimum Gasteiger partial charge on any atom is -0.395 e. The molecule has 0 aliphatic carbocycles. The molecule has 1 saturated heterocycles. The Hall–Kier alpha value is 0.170. The van der Waals surface area contributed by atoms with Crippen LogP contribution in [0.2, 0.25) is 0 Å². The van der Waals surface area contributed by atoms with Crippen molar-refractivity contribution < 1.29 is 5.11 Å². The zero-order valence-electron chi connectivity index (χ0n) is 6.70. The summed E-state index contributed by atoms with van der Waals surface area (Å²) in [4.78, 5) is 2.22. The van der Waals surface area contributed by atoms with Crippen LogP contribution in [0.4, 0.5) is 0 Å². The SMILES string of the molecule is Cl.N[C@@H]1CCCN(CCO)C1. The lowest BCUT2D eigenvalue weighted by molar-refractivity contribution is 0.162. The smallest absolute Gasteiger partial charge is 0.0558 e. The van der Waals surface area contributed by atoms with Crippen LogP contribution in [0.5, 0.6) is 0 Å². The van der Waals surface area contributed by atoms with Gasteiger partial charge in [0.05, 0.1) is 6.61 Å². The van der Waals surface area contributed by atoms with E-state index in [1.807, 2.05) is 0 Å². The van der Waals surface area contributed by atoms with Gasteiger partial charge in [0.25, 0.3) is 0 Å². The number of halogens is 1. The van der Waals surface area contributed by atoms with Crippen LogP contribution >= 0.6 is 12.4 Å². The third-order valence-electron chi connectivity index (χ3n) is 1.96. The average Bonchev–Trinajstić information content (AvgIpc) is 1.88. The van der Waals surface area contributed by atoms with Crippen molar-refractivity contribution in [1.29, 1.82) is 0 Å². The van der Waals surface area contributed by atoms with Crippen LogP contribution in [0.3, 0.4) is 0 Å². The molecule has 1 fully saturated rings. The molecule has 0 aromatic heterocycles. The second-order valence-electron chi connectivity index (χ2n) is 2.93. The number of β-amino-alcohol motifs (C(OH)–C–C–N with tert-alkyl or cyclic N) is 1. The first-order valence-electron chi connectivity index (χ1n) is 3.91. The number of piperidine rings is 1. The fraction of sp³-hybridized carbons (Fsp3) is 1.00. The zero-order valence-corrected chi connectivity index (χ0v) is 7.52. The summed E-state index contributed by atoms with van der Waals surface area (Å²) in [6.45, 7) is 3.11. The second kappa shape index (κ2) is 5.77. The number of likely N-dealkylation sites (tertiary alicyclic amines) is 1. The fourth-order valence-electron chi connectivity index (χ4n) is 1.44. The largest absolute Gasteiger partial charge is 0.395 e. The lowest BCUT2D eigenvalue weighted by Crippen LogP contribution is -2.43. The summed E-state index contributed by atoms with van der Waals surface area (Å²) in [5, 5.41) is 8.62. The molecular weight excluding hydrogens is 164 g/mol. The predicted octanol–water partition coefficient (Wildman–Crippen LogP) is -0.176. The molecule has 1 rings (SSSR count). The lowest BCUT2D eigenvalue weighted by atomic mass is 10.1. The molecule has 1 atom stereocenters. The molecule has 0 saturated carbocycles. The molecule has 4 heteroatoms. The van der Waals surface area contributed by atoms with Crippen molar-refractivity contribution in [2.75, 3.05) is 26.2 Å². The van der Waals surface area contributed by atoms with Gasteiger partial charge in [-0.2, -0.15) is 0 Å². The summed E-state index contributed by atoms with van der Waals surface area (Å²) < 4.78 is 0. The Balaban J connectivity index is 0.000001000. The minimum absolute atomic E-state index is 0. The second-order valence-corrected chi connectivity index (χ2v) is 2.93. The van der Waals surface area contributed by atoms with Crippen molar-refractivity contribution in [3.05, 3.63) is 0 Å². The normalized spacial score (nSPS) is 26.2. The minimum atomic E-state index is 0. The van der Waals surface area contributed by atoms with Gasteiger partial charge in [-0.15, -0.1) is 12.4 Å². The fourth-order valence-corrected chi connectivity index (χ4v) is 1.44. The topological polar surface area (TPSA) is 49.5 Å². The van der Waals surface area contributed by atoms with Gasteiger partial charge in [-0.1, -0.05) is 0 Å². The van der Waals surface area contributed by atoms with E-state index in [0.717, 1.165) is 26.1 Å². The van der Waals surface area contributed by atoms with E-state index in [0.29, 0.717) is 6.04 Å². The highest BCUT2D eigenvalue weighted by Gasteiger charge is 2.14. The average molecular weight is 181 g/mol.